The summed E-state index contributed by atoms with van der Waals surface area (Å²) >= 11 is 0. The van der Waals surface area contributed by atoms with Gasteiger partial charge in [-0.3, -0.25) is 9.82 Å². The third-order valence-electron chi connectivity index (χ3n) is 5.25. The molecule has 4 rings (SSSR count). The number of aromatic nitrogens is 1. The second kappa shape index (κ2) is 6.64. The Bertz CT molecular complexity index is 860. The van der Waals surface area contributed by atoms with Crippen molar-refractivity contribution in [2.24, 2.45) is 0 Å². The molecule has 1 aromatic heterocycles. The number of pyridine rings is 1. The highest BCUT2D eigenvalue weighted by Gasteiger charge is 2.46. The molecule has 2 aromatic rings. The summed E-state index contributed by atoms with van der Waals surface area (Å²) in [4.78, 5) is 10.1. The van der Waals surface area contributed by atoms with E-state index in [4.69, 9.17) is 4.84 Å². The van der Waals surface area contributed by atoms with Crippen LogP contribution in [0.3, 0.4) is 0 Å². The van der Waals surface area contributed by atoms with E-state index < -0.39 is 15.3 Å². The number of fused-ring (bicyclic) bond motifs is 1. The molecular weight excluding hydrogens is 338 g/mol. The van der Waals surface area contributed by atoms with Crippen LogP contribution in [0.4, 0.5) is 0 Å². The maximum absolute atomic E-state index is 13.3. The van der Waals surface area contributed by atoms with Crippen molar-refractivity contribution in [3.05, 3.63) is 42.1 Å². The van der Waals surface area contributed by atoms with Gasteiger partial charge in [-0.1, -0.05) is 24.6 Å². The van der Waals surface area contributed by atoms with Crippen molar-refractivity contribution in [3.63, 3.8) is 0 Å². The fourth-order valence-corrected chi connectivity index (χ4v) is 5.96. The van der Waals surface area contributed by atoms with E-state index in [-0.39, 0.29) is 12.6 Å². The number of sulfonamides is 1. The van der Waals surface area contributed by atoms with Gasteiger partial charge in [0.25, 0.3) is 0 Å². The summed E-state index contributed by atoms with van der Waals surface area (Å²) in [5.74, 6) is 0. The summed E-state index contributed by atoms with van der Waals surface area (Å²) in [7, 11) is -1.60. The Kier molecular flexibility index (Phi) is 4.49. The fourth-order valence-electron chi connectivity index (χ4n) is 3.93. The summed E-state index contributed by atoms with van der Waals surface area (Å²) in [5, 5.41) is 2.07. The zero-order chi connectivity index (χ0) is 17.4. The van der Waals surface area contributed by atoms with Crippen molar-refractivity contribution in [1.82, 2.24) is 14.4 Å². The lowest BCUT2D eigenvalue weighted by molar-refractivity contribution is -0.110. The number of benzene rings is 1. The molecule has 2 aliphatic heterocycles. The normalized spacial score (nSPS) is 26.3. The van der Waals surface area contributed by atoms with E-state index in [0.717, 1.165) is 35.7 Å². The van der Waals surface area contributed by atoms with Crippen LogP contribution >= 0.6 is 0 Å². The Balaban J connectivity index is 1.76. The molecule has 1 aromatic carbocycles. The van der Waals surface area contributed by atoms with Crippen LogP contribution < -0.4 is 0 Å². The molecule has 2 atom stereocenters. The van der Waals surface area contributed by atoms with E-state index in [1.165, 1.54) is 0 Å². The maximum Gasteiger partial charge on any atom is 0.221 e. The van der Waals surface area contributed by atoms with E-state index in [9.17, 15) is 8.42 Å². The summed E-state index contributed by atoms with van der Waals surface area (Å²) in [6, 6.07) is 9.42. The van der Waals surface area contributed by atoms with Gasteiger partial charge in [0.15, 0.2) is 0 Å². The summed E-state index contributed by atoms with van der Waals surface area (Å²) < 4.78 is 28.2. The molecule has 0 saturated carbocycles. The first-order valence-electron chi connectivity index (χ1n) is 8.77. The summed E-state index contributed by atoms with van der Waals surface area (Å²) in [6.45, 7) is 1.43. The molecule has 0 bridgehead atoms. The van der Waals surface area contributed by atoms with Crippen LogP contribution in [0.15, 0.2) is 36.5 Å². The van der Waals surface area contributed by atoms with Gasteiger partial charge < -0.3 is 0 Å². The number of hydrogen-bond donors (Lipinski definition) is 0. The van der Waals surface area contributed by atoms with Crippen molar-refractivity contribution in [3.8, 4) is 0 Å². The standard InChI is InChI=1S/C18H23N3O3S/c1-20-18(15-9-10-19-16-8-4-3-7-14(15)16)17(13-24-20)25(22,23)21-11-5-2-6-12-21/h3-4,7-10,17-18H,2,5-6,11-13H2,1H3. The minimum absolute atomic E-state index is 0.191. The molecular formula is C18H23N3O3S. The minimum Gasteiger partial charge on any atom is -0.297 e. The van der Waals surface area contributed by atoms with E-state index in [1.54, 1.807) is 15.6 Å². The molecule has 134 valence electrons. The number of nitrogens with zero attached hydrogens (tertiary/aromatic N) is 3. The van der Waals surface area contributed by atoms with Gasteiger partial charge in [0.05, 0.1) is 18.2 Å². The molecule has 0 radical (unpaired) electrons. The molecule has 2 aliphatic rings. The molecule has 7 heteroatoms. The molecule has 6 nitrogen and oxygen atoms in total. The molecule has 3 heterocycles. The number of piperidine rings is 1. The molecule has 2 unspecified atom stereocenters. The lowest BCUT2D eigenvalue weighted by Gasteiger charge is -2.31. The molecule has 2 saturated heterocycles. The first-order chi connectivity index (χ1) is 12.1. The van der Waals surface area contributed by atoms with Crippen LogP contribution in [-0.4, -0.2) is 54.8 Å². The number of para-hydroxylation sites is 1. The summed E-state index contributed by atoms with van der Waals surface area (Å²) in [5.41, 5.74) is 1.82. The zero-order valence-electron chi connectivity index (χ0n) is 14.3. The number of rotatable bonds is 3. The largest absolute Gasteiger partial charge is 0.297 e. The highest BCUT2D eigenvalue weighted by Crippen LogP contribution is 2.38. The van der Waals surface area contributed by atoms with Gasteiger partial charge in [-0.05, 0) is 30.5 Å². The van der Waals surface area contributed by atoms with Crippen molar-refractivity contribution < 1.29 is 13.3 Å². The molecule has 0 N–H and O–H groups in total. The van der Waals surface area contributed by atoms with Crippen molar-refractivity contribution in [2.75, 3.05) is 26.7 Å². The molecule has 0 amide bonds. The van der Waals surface area contributed by atoms with Gasteiger partial charge in [-0.25, -0.2) is 12.7 Å². The van der Waals surface area contributed by atoms with E-state index in [1.807, 2.05) is 37.4 Å². The van der Waals surface area contributed by atoms with Crippen LogP contribution in [0.2, 0.25) is 0 Å². The highest BCUT2D eigenvalue weighted by atomic mass is 32.2. The SMILES string of the molecule is CN1OCC(S(=O)(=O)N2CCCCC2)C1c1ccnc2ccccc12. The highest BCUT2D eigenvalue weighted by molar-refractivity contribution is 7.89. The third-order valence-corrected chi connectivity index (χ3v) is 7.49. The van der Waals surface area contributed by atoms with Gasteiger partial charge in [-0.2, -0.15) is 5.06 Å². The predicted molar refractivity (Wildman–Crippen MR) is 96.3 cm³/mol. The zero-order valence-corrected chi connectivity index (χ0v) is 15.2. The van der Waals surface area contributed by atoms with Crippen LogP contribution in [0.25, 0.3) is 10.9 Å². The Hall–Kier alpha value is -1.54. The average molecular weight is 361 g/mol. The Morgan fingerprint density at radius 1 is 1.12 bits per heavy atom. The molecule has 2 fully saturated rings. The fraction of sp³-hybridized carbons (Fsp3) is 0.500. The molecule has 25 heavy (non-hydrogen) atoms. The van der Waals surface area contributed by atoms with Crippen LogP contribution in [0, 0.1) is 0 Å². The molecule has 0 aliphatic carbocycles. The quantitative estimate of drug-likeness (QED) is 0.840. The lowest BCUT2D eigenvalue weighted by atomic mass is 10.00. The first kappa shape index (κ1) is 16.9. The van der Waals surface area contributed by atoms with Gasteiger partial charge in [-0.15, -0.1) is 0 Å². The topological polar surface area (TPSA) is 62.7 Å². The number of hydroxylamine groups is 2. The number of hydrogen-bond acceptors (Lipinski definition) is 5. The van der Waals surface area contributed by atoms with Gasteiger partial charge in [0.2, 0.25) is 10.0 Å². The predicted octanol–water partition coefficient (Wildman–Crippen LogP) is 2.34. The van der Waals surface area contributed by atoms with Crippen molar-refractivity contribution >= 4 is 20.9 Å². The third kappa shape index (κ3) is 2.95. The second-order valence-corrected chi connectivity index (χ2v) is 8.90. The smallest absolute Gasteiger partial charge is 0.221 e. The van der Waals surface area contributed by atoms with Crippen molar-refractivity contribution in [1.29, 1.82) is 0 Å². The van der Waals surface area contributed by atoms with E-state index in [2.05, 4.69) is 4.98 Å². The van der Waals surface area contributed by atoms with E-state index >= 15 is 0 Å². The van der Waals surface area contributed by atoms with Crippen LogP contribution in [0.5, 0.6) is 0 Å². The average Bonchev–Trinajstić information content (AvgIpc) is 3.04. The lowest BCUT2D eigenvalue weighted by Crippen LogP contribution is -2.44. The maximum atomic E-state index is 13.3. The van der Waals surface area contributed by atoms with Crippen molar-refractivity contribution in [2.45, 2.75) is 30.6 Å². The van der Waals surface area contributed by atoms with Crippen LogP contribution in [0.1, 0.15) is 30.9 Å². The van der Waals surface area contributed by atoms with Gasteiger partial charge in [0.1, 0.15) is 5.25 Å². The first-order valence-corrected chi connectivity index (χ1v) is 10.3. The second-order valence-electron chi connectivity index (χ2n) is 6.75. The van der Waals surface area contributed by atoms with Gasteiger partial charge >= 0.3 is 0 Å². The van der Waals surface area contributed by atoms with E-state index in [0.29, 0.717) is 13.1 Å². The van der Waals surface area contributed by atoms with Gasteiger partial charge in [0, 0.05) is 31.7 Å². The van der Waals surface area contributed by atoms with Crippen LogP contribution in [-0.2, 0) is 14.9 Å². The minimum atomic E-state index is -3.41. The Labute approximate surface area is 148 Å². The summed E-state index contributed by atoms with van der Waals surface area (Å²) in [6.07, 6.45) is 4.72. The Morgan fingerprint density at radius 3 is 2.68 bits per heavy atom. The monoisotopic (exact) mass is 361 g/mol. The molecule has 0 spiro atoms. The Morgan fingerprint density at radius 2 is 1.88 bits per heavy atom.